The predicted molar refractivity (Wildman–Crippen MR) is 79.3 cm³/mol. The summed E-state index contributed by atoms with van der Waals surface area (Å²) in [6, 6.07) is 7.56. The zero-order valence-electron chi connectivity index (χ0n) is 12.7. The molecule has 0 atom stereocenters. The summed E-state index contributed by atoms with van der Waals surface area (Å²) in [6.45, 7) is 3.37. The van der Waals surface area contributed by atoms with Crippen LogP contribution in [-0.2, 0) is 9.53 Å². The Morgan fingerprint density at radius 2 is 1.95 bits per heavy atom. The molecule has 0 spiro atoms. The second-order valence-corrected chi connectivity index (χ2v) is 5.69. The number of nitrogens with zero attached hydrogens (tertiary/aromatic N) is 1. The Hall–Kier alpha value is -1.59. The van der Waals surface area contributed by atoms with Crippen LogP contribution in [0.3, 0.4) is 0 Å². The van der Waals surface area contributed by atoms with Gasteiger partial charge in [-0.05, 0) is 19.1 Å². The molecule has 1 aromatic rings. The third kappa shape index (κ3) is 4.72. The lowest BCUT2D eigenvalue weighted by Gasteiger charge is -2.35. The summed E-state index contributed by atoms with van der Waals surface area (Å²) in [5.74, 6) is 0.530. The zero-order chi connectivity index (χ0) is 15.3. The van der Waals surface area contributed by atoms with Crippen molar-refractivity contribution in [3.05, 3.63) is 29.8 Å². The topological polar surface area (TPSA) is 59.0 Å². The fourth-order valence-corrected chi connectivity index (χ4v) is 2.33. The van der Waals surface area contributed by atoms with Crippen molar-refractivity contribution in [3.63, 3.8) is 0 Å². The second-order valence-electron chi connectivity index (χ2n) is 5.69. The zero-order valence-corrected chi connectivity index (χ0v) is 12.7. The quantitative estimate of drug-likeness (QED) is 0.891. The van der Waals surface area contributed by atoms with E-state index >= 15 is 0 Å². The summed E-state index contributed by atoms with van der Waals surface area (Å²) in [5.41, 5.74) is 0.305. The molecule has 0 bridgehead atoms. The highest BCUT2D eigenvalue weighted by Gasteiger charge is 2.32. The SMILES string of the molecule is Cc1ccc(OCC(=O)N(C)CC2(O)CCOCC2)cc1. The molecule has 1 fully saturated rings. The van der Waals surface area contributed by atoms with Gasteiger partial charge in [-0.3, -0.25) is 4.79 Å². The minimum Gasteiger partial charge on any atom is -0.484 e. The number of ether oxygens (including phenoxy) is 2. The van der Waals surface area contributed by atoms with Crippen LogP contribution in [-0.4, -0.2) is 54.9 Å². The van der Waals surface area contributed by atoms with Gasteiger partial charge in [-0.15, -0.1) is 0 Å². The van der Waals surface area contributed by atoms with E-state index in [-0.39, 0.29) is 12.5 Å². The fraction of sp³-hybridized carbons (Fsp3) is 0.562. The van der Waals surface area contributed by atoms with Crippen molar-refractivity contribution in [2.24, 2.45) is 0 Å². The van der Waals surface area contributed by atoms with E-state index in [2.05, 4.69) is 0 Å². The van der Waals surface area contributed by atoms with Crippen LogP contribution in [0.15, 0.2) is 24.3 Å². The van der Waals surface area contributed by atoms with Crippen LogP contribution in [0.2, 0.25) is 0 Å². The number of rotatable bonds is 5. The summed E-state index contributed by atoms with van der Waals surface area (Å²) in [6.07, 6.45) is 1.12. The number of benzene rings is 1. The highest BCUT2D eigenvalue weighted by Crippen LogP contribution is 2.21. The molecule has 0 unspecified atom stereocenters. The first-order valence-corrected chi connectivity index (χ1v) is 7.22. The van der Waals surface area contributed by atoms with E-state index in [9.17, 15) is 9.90 Å². The van der Waals surface area contributed by atoms with E-state index in [1.165, 1.54) is 4.90 Å². The summed E-state index contributed by atoms with van der Waals surface area (Å²) in [5, 5.41) is 10.4. The molecule has 1 aromatic carbocycles. The van der Waals surface area contributed by atoms with Gasteiger partial charge < -0.3 is 19.5 Å². The Labute approximate surface area is 125 Å². The van der Waals surface area contributed by atoms with Gasteiger partial charge in [-0.1, -0.05) is 17.7 Å². The molecule has 5 nitrogen and oxygen atoms in total. The van der Waals surface area contributed by atoms with Gasteiger partial charge in [0.05, 0.1) is 5.60 Å². The van der Waals surface area contributed by atoms with Gasteiger partial charge in [0.1, 0.15) is 5.75 Å². The predicted octanol–water partition coefficient (Wildman–Crippen LogP) is 1.37. The van der Waals surface area contributed by atoms with Crippen molar-refractivity contribution in [2.75, 3.05) is 33.4 Å². The van der Waals surface area contributed by atoms with Crippen LogP contribution in [0, 0.1) is 6.92 Å². The van der Waals surface area contributed by atoms with E-state index in [0.717, 1.165) is 5.56 Å². The van der Waals surface area contributed by atoms with Crippen LogP contribution in [0.5, 0.6) is 5.75 Å². The minimum absolute atomic E-state index is 0.0217. The molecule has 1 aliphatic rings. The summed E-state index contributed by atoms with van der Waals surface area (Å²) < 4.78 is 10.7. The van der Waals surface area contributed by atoms with Gasteiger partial charge in [0.2, 0.25) is 0 Å². The molecule has 0 saturated carbocycles. The summed E-state index contributed by atoms with van der Waals surface area (Å²) >= 11 is 0. The molecule has 116 valence electrons. The van der Waals surface area contributed by atoms with Gasteiger partial charge in [-0.2, -0.15) is 0 Å². The maximum absolute atomic E-state index is 12.1. The van der Waals surface area contributed by atoms with Crippen molar-refractivity contribution in [3.8, 4) is 5.75 Å². The Morgan fingerprint density at radius 3 is 2.57 bits per heavy atom. The second kappa shape index (κ2) is 6.91. The molecule has 1 aliphatic heterocycles. The maximum Gasteiger partial charge on any atom is 0.260 e. The number of amides is 1. The number of likely N-dealkylation sites (N-methyl/N-ethyl adjacent to an activating group) is 1. The Balaban J connectivity index is 1.80. The van der Waals surface area contributed by atoms with Gasteiger partial charge in [-0.25, -0.2) is 0 Å². The largest absolute Gasteiger partial charge is 0.484 e. The number of carbonyl (C=O) groups is 1. The van der Waals surface area contributed by atoms with E-state index < -0.39 is 5.60 Å². The summed E-state index contributed by atoms with van der Waals surface area (Å²) in [7, 11) is 1.69. The van der Waals surface area contributed by atoms with E-state index in [1.54, 1.807) is 7.05 Å². The maximum atomic E-state index is 12.1. The van der Waals surface area contributed by atoms with Crippen LogP contribution in [0.25, 0.3) is 0 Å². The number of hydrogen-bond acceptors (Lipinski definition) is 4. The molecular weight excluding hydrogens is 270 g/mol. The van der Waals surface area contributed by atoms with Crippen molar-refractivity contribution in [1.29, 1.82) is 0 Å². The molecule has 0 aromatic heterocycles. The first-order valence-electron chi connectivity index (χ1n) is 7.22. The van der Waals surface area contributed by atoms with Crippen molar-refractivity contribution in [2.45, 2.75) is 25.4 Å². The van der Waals surface area contributed by atoms with Gasteiger partial charge in [0.15, 0.2) is 6.61 Å². The molecule has 0 radical (unpaired) electrons. The number of aliphatic hydroxyl groups is 1. The minimum atomic E-state index is -0.841. The normalized spacial score (nSPS) is 17.3. The van der Waals surface area contributed by atoms with Crippen LogP contribution in [0.1, 0.15) is 18.4 Å². The molecule has 21 heavy (non-hydrogen) atoms. The summed E-state index contributed by atoms with van der Waals surface area (Å²) in [4.78, 5) is 13.6. The smallest absolute Gasteiger partial charge is 0.260 e. The van der Waals surface area contributed by atoms with Crippen molar-refractivity contribution >= 4 is 5.91 Å². The van der Waals surface area contributed by atoms with Gasteiger partial charge in [0.25, 0.3) is 5.91 Å². The number of hydrogen-bond donors (Lipinski definition) is 1. The first kappa shape index (κ1) is 15.8. The molecule has 1 amide bonds. The van der Waals surface area contributed by atoms with Crippen molar-refractivity contribution in [1.82, 2.24) is 4.90 Å². The number of carbonyl (C=O) groups excluding carboxylic acids is 1. The van der Waals surface area contributed by atoms with Crippen LogP contribution in [0.4, 0.5) is 0 Å². The van der Waals surface area contributed by atoms with E-state index in [4.69, 9.17) is 9.47 Å². The Bertz CT molecular complexity index is 466. The monoisotopic (exact) mass is 293 g/mol. The Kier molecular flexibility index (Phi) is 5.20. The molecule has 1 saturated heterocycles. The third-order valence-corrected chi connectivity index (χ3v) is 3.76. The van der Waals surface area contributed by atoms with E-state index in [0.29, 0.717) is 38.3 Å². The lowest BCUT2D eigenvalue weighted by molar-refractivity contribution is -0.138. The Morgan fingerprint density at radius 1 is 1.33 bits per heavy atom. The first-order chi connectivity index (χ1) is 9.98. The number of aryl methyl sites for hydroxylation is 1. The molecule has 5 heteroatoms. The standard InChI is InChI=1S/C16H23NO4/c1-13-3-5-14(6-4-13)21-11-15(18)17(2)12-16(19)7-9-20-10-8-16/h3-6,19H,7-12H2,1-2H3. The van der Waals surface area contributed by atoms with Crippen LogP contribution < -0.4 is 4.74 Å². The average molecular weight is 293 g/mol. The molecule has 2 rings (SSSR count). The lowest BCUT2D eigenvalue weighted by Crippen LogP contribution is -2.48. The average Bonchev–Trinajstić information content (AvgIpc) is 2.46. The highest BCUT2D eigenvalue weighted by atomic mass is 16.5. The molecule has 1 heterocycles. The highest BCUT2D eigenvalue weighted by molar-refractivity contribution is 5.77. The van der Waals surface area contributed by atoms with Crippen molar-refractivity contribution < 1.29 is 19.4 Å². The van der Waals surface area contributed by atoms with E-state index in [1.807, 2.05) is 31.2 Å². The molecular formula is C16H23NO4. The fourth-order valence-electron chi connectivity index (χ4n) is 2.33. The third-order valence-electron chi connectivity index (χ3n) is 3.76. The van der Waals surface area contributed by atoms with Gasteiger partial charge >= 0.3 is 0 Å². The van der Waals surface area contributed by atoms with Gasteiger partial charge in [0, 0.05) is 39.6 Å². The lowest BCUT2D eigenvalue weighted by atomic mass is 9.94. The molecule has 1 N–H and O–H groups in total. The molecule has 0 aliphatic carbocycles. The van der Waals surface area contributed by atoms with Crippen LogP contribution >= 0.6 is 0 Å².